The molecule has 2 atom stereocenters. The number of aliphatic hydroxyl groups is 1. The van der Waals surface area contributed by atoms with Crippen LogP contribution in [-0.4, -0.2) is 30.3 Å². The Morgan fingerprint density at radius 2 is 2.16 bits per heavy atom. The highest BCUT2D eigenvalue weighted by atomic mass is 35.5. The van der Waals surface area contributed by atoms with Gasteiger partial charge in [-0.1, -0.05) is 18.5 Å². The molecule has 0 spiro atoms. The summed E-state index contributed by atoms with van der Waals surface area (Å²) in [4.78, 5) is 11.7. The van der Waals surface area contributed by atoms with Crippen LogP contribution in [0.15, 0.2) is 18.2 Å². The molecule has 0 bridgehead atoms. The second kappa shape index (κ2) is 7.36. The van der Waals surface area contributed by atoms with Gasteiger partial charge in [-0.3, -0.25) is 4.79 Å². The fraction of sp³-hybridized carbons (Fsp3) is 0.500. The Morgan fingerprint density at radius 3 is 2.74 bits per heavy atom. The molecule has 1 aromatic rings. The van der Waals surface area contributed by atoms with E-state index in [9.17, 15) is 4.79 Å². The van der Waals surface area contributed by atoms with Crippen molar-refractivity contribution in [2.75, 3.05) is 13.2 Å². The Labute approximate surface area is 118 Å². The molecule has 1 aromatic carbocycles. The Bertz CT molecular complexity index is 437. The minimum atomic E-state index is -0.206. The largest absolute Gasteiger partial charge is 0.484 e. The lowest BCUT2D eigenvalue weighted by Gasteiger charge is -2.19. The molecule has 19 heavy (non-hydrogen) atoms. The molecule has 4 nitrogen and oxygen atoms in total. The summed E-state index contributed by atoms with van der Waals surface area (Å²) in [6.45, 7) is 5.58. The Balaban J connectivity index is 2.46. The molecule has 106 valence electrons. The highest BCUT2D eigenvalue weighted by molar-refractivity contribution is 6.30. The van der Waals surface area contributed by atoms with E-state index in [-0.39, 0.29) is 31.1 Å². The zero-order valence-electron chi connectivity index (χ0n) is 11.4. The van der Waals surface area contributed by atoms with Crippen LogP contribution in [0.1, 0.15) is 19.4 Å². The van der Waals surface area contributed by atoms with Gasteiger partial charge in [0.1, 0.15) is 5.75 Å². The smallest absolute Gasteiger partial charge is 0.258 e. The number of benzene rings is 1. The maximum absolute atomic E-state index is 11.7. The van der Waals surface area contributed by atoms with Gasteiger partial charge < -0.3 is 15.2 Å². The monoisotopic (exact) mass is 285 g/mol. The van der Waals surface area contributed by atoms with Crippen molar-refractivity contribution in [2.45, 2.75) is 26.8 Å². The number of ether oxygens (including phenoxy) is 1. The number of carbonyl (C=O) groups is 1. The first-order valence-electron chi connectivity index (χ1n) is 6.23. The highest BCUT2D eigenvalue weighted by Crippen LogP contribution is 2.21. The lowest BCUT2D eigenvalue weighted by Crippen LogP contribution is -2.40. The second-order valence-corrected chi connectivity index (χ2v) is 5.15. The van der Waals surface area contributed by atoms with Gasteiger partial charge in [-0.15, -0.1) is 0 Å². The SMILES string of the molecule is Cc1cc(Cl)ccc1OCC(=O)NC(C)C(C)CO. The standard InChI is InChI=1S/C14H20ClNO3/c1-9-6-12(15)4-5-13(9)19-8-14(18)16-11(3)10(2)7-17/h4-6,10-11,17H,7-8H2,1-3H3,(H,16,18). The first-order valence-corrected chi connectivity index (χ1v) is 6.61. The van der Waals surface area contributed by atoms with Crippen LogP contribution >= 0.6 is 11.6 Å². The molecule has 0 radical (unpaired) electrons. The zero-order valence-corrected chi connectivity index (χ0v) is 12.2. The minimum absolute atomic E-state index is 0.0150. The number of aliphatic hydroxyl groups excluding tert-OH is 1. The van der Waals surface area contributed by atoms with Crippen molar-refractivity contribution in [1.29, 1.82) is 0 Å². The van der Waals surface area contributed by atoms with E-state index in [4.69, 9.17) is 21.4 Å². The van der Waals surface area contributed by atoms with Crippen molar-refractivity contribution >= 4 is 17.5 Å². The molecule has 2 N–H and O–H groups in total. The van der Waals surface area contributed by atoms with Crippen LogP contribution in [0.3, 0.4) is 0 Å². The molecule has 0 saturated heterocycles. The van der Waals surface area contributed by atoms with Crippen LogP contribution in [0.5, 0.6) is 5.75 Å². The van der Waals surface area contributed by atoms with Crippen molar-refractivity contribution < 1.29 is 14.6 Å². The van der Waals surface area contributed by atoms with Gasteiger partial charge in [0.15, 0.2) is 6.61 Å². The minimum Gasteiger partial charge on any atom is -0.484 e. The number of amides is 1. The summed E-state index contributed by atoms with van der Waals surface area (Å²) in [5.74, 6) is 0.450. The van der Waals surface area contributed by atoms with E-state index >= 15 is 0 Å². The average molecular weight is 286 g/mol. The average Bonchev–Trinajstić information content (AvgIpc) is 2.36. The summed E-state index contributed by atoms with van der Waals surface area (Å²) >= 11 is 5.84. The fourth-order valence-electron chi connectivity index (χ4n) is 1.51. The molecule has 1 amide bonds. The van der Waals surface area contributed by atoms with Gasteiger partial charge in [0.2, 0.25) is 0 Å². The van der Waals surface area contributed by atoms with Crippen molar-refractivity contribution in [3.05, 3.63) is 28.8 Å². The van der Waals surface area contributed by atoms with Gasteiger partial charge >= 0.3 is 0 Å². The van der Waals surface area contributed by atoms with E-state index in [1.54, 1.807) is 18.2 Å². The third-order valence-electron chi connectivity index (χ3n) is 3.03. The molecule has 0 fully saturated rings. The zero-order chi connectivity index (χ0) is 14.4. The number of nitrogens with one attached hydrogen (secondary N) is 1. The molecular formula is C14H20ClNO3. The highest BCUT2D eigenvalue weighted by Gasteiger charge is 2.14. The van der Waals surface area contributed by atoms with Gasteiger partial charge in [0.25, 0.3) is 5.91 Å². The topological polar surface area (TPSA) is 58.6 Å². The molecule has 0 aliphatic heterocycles. The van der Waals surface area contributed by atoms with Gasteiger partial charge in [0.05, 0.1) is 0 Å². The van der Waals surface area contributed by atoms with Crippen LogP contribution in [0.2, 0.25) is 5.02 Å². The molecule has 0 aliphatic carbocycles. The number of hydrogen-bond donors (Lipinski definition) is 2. The van der Waals surface area contributed by atoms with Crippen LogP contribution in [0.25, 0.3) is 0 Å². The predicted molar refractivity (Wildman–Crippen MR) is 75.5 cm³/mol. The Morgan fingerprint density at radius 1 is 1.47 bits per heavy atom. The van der Waals surface area contributed by atoms with Gasteiger partial charge in [-0.2, -0.15) is 0 Å². The van der Waals surface area contributed by atoms with E-state index in [0.29, 0.717) is 10.8 Å². The summed E-state index contributed by atoms with van der Waals surface area (Å²) in [5, 5.41) is 12.4. The molecule has 0 saturated carbocycles. The fourth-order valence-corrected chi connectivity index (χ4v) is 1.74. The molecule has 1 rings (SSSR count). The van der Waals surface area contributed by atoms with Crippen LogP contribution < -0.4 is 10.1 Å². The number of rotatable bonds is 6. The number of hydrogen-bond acceptors (Lipinski definition) is 3. The third-order valence-corrected chi connectivity index (χ3v) is 3.26. The molecule has 0 aromatic heterocycles. The molecule has 0 aliphatic rings. The second-order valence-electron chi connectivity index (χ2n) is 4.71. The van der Waals surface area contributed by atoms with E-state index < -0.39 is 0 Å². The van der Waals surface area contributed by atoms with E-state index in [0.717, 1.165) is 5.56 Å². The van der Waals surface area contributed by atoms with Crippen molar-refractivity contribution in [1.82, 2.24) is 5.32 Å². The summed E-state index contributed by atoms with van der Waals surface area (Å²) in [5.41, 5.74) is 0.886. The van der Waals surface area contributed by atoms with Crippen LogP contribution in [0.4, 0.5) is 0 Å². The molecule has 0 heterocycles. The van der Waals surface area contributed by atoms with Crippen molar-refractivity contribution in [2.24, 2.45) is 5.92 Å². The quantitative estimate of drug-likeness (QED) is 0.842. The summed E-state index contributed by atoms with van der Waals surface area (Å²) in [6.07, 6.45) is 0. The number of carbonyl (C=O) groups excluding carboxylic acids is 1. The molecule has 5 heteroatoms. The van der Waals surface area contributed by atoms with Gasteiger partial charge in [-0.05, 0) is 43.5 Å². The van der Waals surface area contributed by atoms with Gasteiger partial charge in [-0.25, -0.2) is 0 Å². The van der Waals surface area contributed by atoms with E-state index in [1.165, 1.54) is 0 Å². The molecule has 2 unspecified atom stereocenters. The third kappa shape index (κ3) is 5.09. The Kier molecular flexibility index (Phi) is 6.12. The Hall–Kier alpha value is -1.26. The lowest BCUT2D eigenvalue weighted by atomic mass is 10.1. The van der Waals surface area contributed by atoms with E-state index in [2.05, 4.69) is 5.32 Å². The van der Waals surface area contributed by atoms with E-state index in [1.807, 2.05) is 20.8 Å². The van der Waals surface area contributed by atoms with Crippen molar-refractivity contribution in [3.63, 3.8) is 0 Å². The molecular weight excluding hydrogens is 266 g/mol. The van der Waals surface area contributed by atoms with Crippen molar-refractivity contribution in [3.8, 4) is 5.75 Å². The first kappa shape index (κ1) is 15.8. The number of halogens is 1. The number of aryl methyl sites for hydroxylation is 1. The van der Waals surface area contributed by atoms with Crippen LogP contribution in [-0.2, 0) is 4.79 Å². The maximum atomic E-state index is 11.7. The first-order chi connectivity index (χ1) is 8.93. The lowest BCUT2D eigenvalue weighted by molar-refractivity contribution is -0.124. The summed E-state index contributed by atoms with van der Waals surface area (Å²) < 4.78 is 5.43. The van der Waals surface area contributed by atoms with Gasteiger partial charge in [0, 0.05) is 17.7 Å². The van der Waals surface area contributed by atoms with Crippen LogP contribution in [0, 0.1) is 12.8 Å². The summed E-state index contributed by atoms with van der Waals surface area (Å²) in [6, 6.07) is 5.15. The normalized spacial score (nSPS) is 13.7. The summed E-state index contributed by atoms with van der Waals surface area (Å²) in [7, 11) is 0. The predicted octanol–water partition coefficient (Wildman–Crippen LogP) is 2.16. The maximum Gasteiger partial charge on any atom is 0.258 e.